The van der Waals surface area contributed by atoms with Gasteiger partial charge in [0.05, 0.1) is 0 Å². The van der Waals surface area contributed by atoms with Gasteiger partial charge in [-0.2, -0.15) is 0 Å². The van der Waals surface area contributed by atoms with Gasteiger partial charge in [-0.25, -0.2) is 0 Å². The lowest BCUT2D eigenvalue weighted by molar-refractivity contribution is 0.310. The molecule has 0 aliphatic carbocycles. The van der Waals surface area contributed by atoms with Crippen molar-refractivity contribution in [1.29, 1.82) is 0 Å². The number of hydrogen-bond acceptors (Lipinski definition) is 0. The van der Waals surface area contributed by atoms with Gasteiger partial charge in [0.2, 0.25) is 0 Å². The zero-order valence-corrected chi connectivity index (χ0v) is 8.56. The van der Waals surface area contributed by atoms with Gasteiger partial charge in [-0.15, -0.1) is 0 Å². The molecule has 0 amide bonds. The summed E-state index contributed by atoms with van der Waals surface area (Å²) in [6.45, 7) is 13.2. The van der Waals surface area contributed by atoms with Gasteiger partial charge in [-0.3, -0.25) is 0 Å². The zero-order valence-electron chi connectivity index (χ0n) is 8.56. The Morgan fingerprint density at radius 3 is 2.00 bits per heavy atom. The van der Waals surface area contributed by atoms with Crippen molar-refractivity contribution in [1.82, 2.24) is 0 Å². The molecule has 0 rings (SSSR count). The Morgan fingerprint density at radius 2 is 1.64 bits per heavy atom. The molecule has 0 spiro atoms. The molecule has 0 saturated carbocycles. The Morgan fingerprint density at radius 1 is 1.09 bits per heavy atom. The smallest absolute Gasteiger partial charge is 0.0414 e. The van der Waals surface area contributed by atoms with Crippen molar-refractivity contribution >= 4 is 0 Å². The maximum absolute atomic E-state index is 3.94. The third-order valence-corrected chi connectivity index (χ3v) is 2.90. The molecule has 0 aromatic rings. The molecule has 0 aromatic carbocycles. The molecule has 0 N–H and O–H groups in total. The van der Waals surface area contributed by atoms with Crippen molar-refractivity contribution in [3.8, 4) is 0 Å². The first-order chi connectivity index (χ1) is 5.11. The summed E-state index contributed by atoms with van der Waals surface area (Å²) < 4.78 is 0. The first-order valence-electron chi connectivity index (χ1n) is 4.91. The van der Waals surface area contributed by atoms with Crippen LogP contribution in [0, 0.1) is 24.7 Å². The van der Waals surface area contributed by atoms with Gasteiger partial charge in [0.15, 0.2) is 0 Å². The van der Waals surface area contributed by atoms with Crippen LogP contribution >= 0.6 is 0 Å². The van der Waals surface area contributed by atoms with E-state index in [0.29, 0.717) is 0 Å². The molecule has 11 heavy (non-hydrogen) atoms. The Kier molecular flexibility index (Phi) is 5.62. The van der Waals surface area contributed by atoms with Gasteiger partial charge in [0, 0.05) is 0 Å². The van der Waals surface area contributed by atoms with E-state index in [1.54, 1.807) is 0 Å². The molecule has 0 aliphatic heterocycles. The monoisotopic (exact) mass is 155 g/mol. The molecule has 0 heteroatoms. The summed E-state index contributed by atoms with van der Waals surface area (Å²) in [5.74, 6) is 2.53. The summed E-state index contributed by atoms with van der Waals surface area (Å²) in [7, 11) is 0. The van der Waals surface area contributed by atoms with Crippen molar-refractivity contribution in [2.24, 2.45) is 17.8 Å². The highest BCUT2D eigenvalue weighted by Gasteiger charge is 2.12. The molecule has 0 fully saturated rings. The fourth-order valence-corrected chi connectivity index (χ4v) is 1.32. The summed E-state index contributed by atoms with van der Waals surface area (Å²) >= 11 is 0. The van der Waals surface area contributed by atoms with E-state index >= 15 is 0 Å². The third kappa shape index (κ3) is 4.44. The topological polar surface area (TPSA) is 0 Å². The van der Waals surface area contributed by atoms with Crippen LogP contribution in [0.25, 0.3) is 0 Å². The molecule has 67 valence electrons. The second-order valence-corrected chi connectivity index (χ2v) is 3.99. The van der Waals surface area contributed by atoms with E-state index in [-0.39, 0.29) is 0 Å². The average Bonchev–Trinajstić information content (AvgIpc) is 2.02. The molecule has 3 unspecified atom stereocenters. The van der Waals surface area contributed by atoms with E-state index in [4.69, 9.17) is 0 Å². The third-order valence-electron chi connectivity index (χ3n) is 2.90. The Labute approximate surface area is 72.4 Å². The van der Waals surface area contributed by atoms with Gasteiger partial charge in [0.1, 0.15) is 0 Å². The van der Waals surface area contributed by atoms with Crippen molar-refractivity contribution < 1.29 is 0 Å². The molecule has 3 atom stereocenters. The van der Waals surface area contributed by atoms with Crippen LogP contribution in [-0.4, -0.2) is 0 Å². The summed E-state index contributed by atoms with van der Waals surface area (Å²) in [6, 6.07) is 0. The molecule has 0 aliphatic rings. The van der Waals surface area contributed by atoms with Crippen LogP contribution in [0.15, 0.2) is 0 Å². The Hall–Kier alpha value is 0. The van der Waals surface area contributed by atoms with Crippen LogP contribution in [0.2, 0.25) is 0 Å². The zero-order chi connectivity index (χ0) is 8.85. The van der Waals surface area contributed by atoms with E-state index in [1.165, 1.54) is 12.8 Å². The quantitative estimate of drug-likeness (QED) is 0.564. The summed E-state index contributed by atoms with van der Waals surface area (Å²) in [5.41, 5.74) is 0. The van der Waals surface area contributed by atoms with Crippen molar-refractivity contribution in [2.75, 3.05) is 0 Å². The van der Waals surface area contributed by atoms with Gasteiger partial charge >= 0.3 is 0 Å². The minimum Gasteiger partial charge on any atom is -0.0651 e. The molecule has 0 nitrogen and oxygen atoms in total. The van der Waals surface area contributed by atoms with E-state index in [0.717, 1.165) is 24.2 Å². The van der Waals surface area contributed by atoms with Crippen LogP contribution in [-0.2, 0) is 0 Å². The highest BCUT2D eigenvalue weighted by Crippen LogP contribution is 2.23. The normalized spacial score (nSPS) is 19.4. The van der Waals surface area contributed by atoms with Crippen molar-refractivity contribution in [3.05, 3.63) is 6.92 Å². The van der Waals surface area contributed by atoms with E-state index in [2.05, 4.69) is 34.6 Å². The number of hydrogen-bond donors (Lipinski definition) is 0. The van der Waals surface area contributed by atoms with E-state index in [1.807, 2.05) is 0 Å². The predicted octanol–water partition coefficient (Wildman–Crippen LogP) is 3.92. The van der Waals surface area contributed by atoms with E-state index < -0.39 is 0 Å². The minimum absolute atomic E-state index is 0.795. The van der Waals surface area contributed by atoms with Crippen LogP contribution in [0.3, 0.4) is 0 Å². The summed E-state index contributed by atoms with van der Waals surface area (Å²) in [5, 5.41) is 0. The van der Waals surface area contributed by atoms with Crippen LogP contribution in [0.4, 0.5) is 0 Å². The van der Waals surface area contributed by atoms with Crippen LogP contribution in [0.1, 0.15) is 47.0 Å². The van der Waals surface area contributed by atoms with Crippen molar-refractivity contribution in [3.63, 3.8) is 0 Å². The Balaban J connectivity index is 3.58. The fraction of sp³-hybridized carbons (Fsp3) is 0.909. The first-order valence-corrected chi connectivity index (χ1v) is 4.91. The standard InChI is InChI=1S/C11H23/c1-6-9(3)8-11(5)10(4)7-2/h9-11H,2,6-8H2,1,3-5H3. The van der Waals surface area contributed by atoms with Gasteiger partial charge in [-0.05, 0) is 24.2 Å². The van der Waals surface area contributed by atoms with Crippen molar-refractivity contribution in [2.45, 2.75) is 47.0 Å². The largest absolute Gasteiger partial charge is 0.0651 e. The molecule has 1 radical (unpaired) electrons. The summed E-state index contributed by atoms with van der Waals surface area (Å²) in [4.78, 5) is 0. The first kappa shape index (κ1) is 11.0. The maximum Gasteiger partial charge on any atom is -0.0414 e. The predicted molar refractivity (Wildman–Crippen MR) is 52.4 cm³/mol. The summed E-state index contributed by atoms with van der Waals surface area (Å²) in [6.07, 6.45) is 3.76. The molecular formula is C11H23. The molecule has 0 aromatic heterocycles. The van der Waals surface area contributed by atoms with Gasteiger partial charge < -0.3 is 0 Å². The lowest BCUT2D eigenvalue weighted by atomic mass is 9.85. The SMILES string of the molecule is [CH2]CC(C)C(C)CC(C)CC. The molecule has 0 heterocycles. The van der Waals surface area contributed by atoms with Gasteiger partial charge in [0.25, 0.3) is 0 Å². The highest BCUT2D eigenvalue weighted by atomic mass is 14.2. The molecular weight excluding hydrogens is 132 g/mol. The number of rotatable bonds is 5. The second kappa shape index (κ2) is 5.62. The highest BCUT2D eigenvalue weighted by molar-refractivity contribution is 4.65. The molecule has 0 saturated heterocycles. The molecule has 0 bridgehead atoms. The van der Waals surface area contributed by atoms with Crippen LogP contribution in [0.5, 0.6) is 0 Å². The maximum atomic E-state index is 3.94. The van der Waals surface area contributed by atoms with E-state index in [9.17, 15) is 0 Å². The lowest BCUT2D eigenvalue weighted by Gasteiger charge is -2.21. The fourth-order valence-electron chi connectivity index (χ4n) is 1.32. The van der Waals surface area contributed by atoms with Crippen LogP contribution < -0.4 is 0 Å². The minimum atomic E-state index is 0.795. The lowest BCUT2D eigenvalue weighted by Crippen LogP contribution is -2.10. The average molecular weight is 155 g/mol. The Bertz CT molecular complexity index is 86.0. The van der Waals surface area contributed by atoms with Gasteiger partial charge in [-0.1, -0.05) is 47.5 Å². The second-order valence-electron chi connectivity index (χ2n) is 3.99.